The van der Waals surface area contributed by atoms with Crippen LogP contribution in [0.4, 0.5) is 15.8 Å². The number of fused-ring (bicyclic) bond motifs is 3. The summed E-state index contributed by atoms with van der Waals surface area (Å²) in [6.45, 7) is 1.91. The minimum Gasteiger partial charge on any atom is -0.381 e. The normalized spacial score (nSPS) is 24.1. The first-order chi connectivity index (χ1) is 7.86. The van der Waals surface area contributed by atoms with Crippen LogP contribution in [-0.2, 0) is 0 Å². The molecule has 2 nitrogen and oxygen atoms in total. The highest BCUT2D eigenvalue weighted by Crippen LogP contribution is 2.35. The van der Waals surface area contributed by atoms with Crippen molar-refractivity contribution in [3.05, 3.63) is 24.0 Å². The zero-order chi connectivity index (χ0) is 11.0. The van der Waals surface area contributed by atoms with E-state index in [1.807, 2.05) is 17.8 Å². The monoisotopic (exact) mass is 238 g/mol. The average molecular weight is 238 g/mol. The molecule has 1 aromatic rings. The first kappa shape index (κ1) is 10.3. The topological polar surface area (TPSA) is 15.3 Å². The molecular weight excluding hydrogens is 223 g/mol. The summed E-state index contributed by atoms with van der Waals surface area (Å²) in [6.07, 6.45) is 1.10. The summed E-state index contributed by atoms with van der Waals surface area (Å²) >= 11 is 2.01. The van der Waals surface area contributed by atoms with Crippen molar-refractivity contribution < 1.29 is 4.39 Å². The Morgan fingerprint density at radius 3 is 3.31 bits per heavy atom. The van der Waals surface area contributed by atoms with Gasteiger partial charge in [-0.15, -0.1) is 0 Å². The Bertz CT molecular complexity index is 397. The maximum absolute atomic E-state index is 13.7. The van der Waals surface area contributed by atoms with E-state index in [9.17, 15) is 4.39 Å². The number of para-hydroxylation sites is 1. The highest BCUT2D eigenvalue weighted by molar-refractivity contribution is 7.99. The zero-order valence-electron chi connectivity index (χ0n) is 9.08. The zero-order valence-corrected chi connectivity index (χ0v) is 9.89. The molecule has 1 N–H and O–H groups in total. The molecular formula is C12H15FN2S. The fourth-order valence-electron chi connectivity index (χ4n) is 2.50. The lowest BCUT2D eigenvalue weighted by Gasteiger charge is -2.36. The van der Waals surface area contributed by atoms with Crippen molar-refractivity contribution >= 4 is 23.1 Å². The molecule has 0 amide bonds. The van der Waals surface area contributed by atoms with Crippen LogP contribution in [-0.4, -0.2) is 30.6 Å². The Labute approximate surface area is 99.2 Å². The van der Waals surface area contributed by atoms with E-state index >= 15 is 0 Å². The van der Waals surface area contributed by atoms with Gasteiger partial charge >= 0.3 is 0 Å². The second-order valence-corrected chi connectivity index (χ2v) is 5.42. The lowest BCUT2D eigenvalue weighted by atomic mass is 10.1. The number of thioether (sulfide) groups is 1. The van der Waals surface area contributed by atoms with Crippen LogP contribution >= 0.6 is 11.8 Å². The number of hydrogen-bond acceptors (Lipinski definition) is 3. The van der Waals surface area contributed by atoms with Crippen LogP contribution in [0.3, 0.4) is 0 Å². The van der Waals surface area contributed by atoms with Gasteiger partial charge in [0.1, 0.15) is 5.82 Å². The molecule has 16 heavy (non-hydrogen) atoms. The van der Waals surface area contributed by atoms with Crippen molar-refractivity contribution in [1.82, 2.24) is 0 Å². The van der Waals surface area contributed by atoms with Crippen molar-refractivity contribution in [2.24, 2.45) is 0 Å². The lowest BCUT2D eigenvalue weighted by molar-refractivity contribution is 0.624. The van der Waals surface area contributed by atoms with E-state index in [4.69, 9.17) is 0 Å². The van der Waals surface area contributed by atoms with Crippen molar-refractivity contribution in [2.75, 3.05) is 34.8 Å². The standard InChI is InChI=1S/C12H15FN2S/c13-10-2-1-3-11-12(10)14-5-4-9-8-16-7-6-15(9)11/h1-3,9,14H,4-8H2. The third kappa shape index (κ3) is 1.65. The number of anilines is 2. The minimum atomic E-state index is -0.128. The Kier molecular flexibility index (Phi) is 2.67. The molecule has 0 aliphatic carbocycles. The molecule has 0 bridgehead atoms. The van der Waals surface area contributed by atoms with Gasteiger partial charge in [-0.2, -0.15) is 11.8 Å². The molecule has 2 aliphatic heterocycles. The fraction of sp³-hybridized carbons (Fsp3) is 0.500. The Morgan fingerprint density at radius 2 is 2.38 bits per heavy atom. The Balaban J connectivity index is 2.04. The molecule has 1 unspecified atom stereocenters. The molecule has 3 rings (SSSR count). The van der Waals surface area contributed by atoms with Gasteiger partial charge in [0, 0.05) is 30.6 Å². The molecule has 0 radical (unpaired) electrons. The predicted molar refractivity (Wildman–Crippen MR) is 68.0 cm³/mol. The van der Waals surface area contributed by atoms with E-state index in [-0.39, 0.29) is 5.82 Å². The third-order valence-electron chi connectivity index (χ3n) is 3.31. The van der Waals surface area contributed by atoms with Crippen LogP contribution < -0.4 is 10.2 Å². The van der Waals surface area contributed by atoms with Gasteiger partial charge < -0.3 is 10.2 Å². The van der Waals surface area contributed by atoms with E-state index < -0.39 is 0 Å². The van der Waals surface area contributed by atoms with E-state index in [0.29, 0.717) is 11.7 Å². The summed E-state index contributed by atoms with van der Waals surface area (Å²) in [4.78, 5) is 2.37. The first-order valence-corrected chi connectivity index (χ1v) is 6.88. The molecule has 0 saturated carbocycles. The maximum Gasteiger partial charge on any atom is 0.148 e. The van der Waals surface area contributed by atoms with Crippen LogP contribution in [0.15, 0.2) is 18.2 Å². The van der Waals surface area contributed by atoms with Crippen LogP contribution in [0.1, 0.15) is 6.42 Å². The second-order valence-electron chi connectivity index (χ2n) is 4.27. The molecule has 4 heteroatoms. The molecule has 86 valence electrons. The summed E-state index contributed by atoms with van der Waals surface area (Å²) in [6, 6.07) is 5.93. The van der Waals surface area contributed by atoms with Crippen LogP contribution in [0.5, 0.6) is 0 Å². The van der Waals surface area contributed by atoms with Crippen molar-refractivity contribution in [2.45, 2.75) is 12.5 Å². The van der Waals surface area contributed by atoms with Crippen LogP contribution in [0.25, 0.3) is 0 Å². The van der Waals surface area contributed by atoms with Gasteiger partial charge in [-0.05, 0) is 18.6 Å². The van der Waals surface area contributed by atoms with Gasteiger partial charge in [0.15, 0.2) is 0 Å². The van der Waals surface area contributed by atoms with Gasteiger partial charge in [-0.1, -0.05) is 6.07 Å². The molecule has 1 aromatic carbocycles. The molecule has 2 heterocycles. The third-order valence-corrected chi connectivity index (χ3v) is 4.40. The van der Waals surface area contributed by atoms with Gasteiger partial charge in [0.2, 0.25) is 0 Å². The van der Waals surface area contributed by atoms with E-state index in [2.05, 4.69) is 10.2 Å². The predicted octanol–water partition coefficient (Wildman–Crippen LogP) is 2.56. The number of rotatable bonds is 0. The Morgan fingerprint density at radius 1 is 1.44 bits per heavy atom. The van der Waals surface area contributed by atoms with Gasteiger partial charge in [-0.25, -0.2) is 4.39 Å². The van der Waals surface area contributed by atoms with Crippen molar-refractivity contribution in [3.8, 4) is 0 Å². The summed E-state index contributed by atoms with van der Waals surface area (Å²) in [5, 5.41) is 3.22. The smallest absolute Gasteiger partial charge is 0.148 e. The molecule has 1 saturated heterocycles. The van der Waals surface area contributed by atoms with Crippen molar-refractivity contribution in [3.63, 3.8) is 0 Å². The summed E-state index contributed by atoms with van der Waals surface area (Å²) in [5.41, 5.74) is 1.74. The molecule has 1 fully saturated rings. The molecule has 0 aromatic heterocycles. The minimum absolute atomic E-state index is 0.128. The SMILES string of the molecule is Fc1cccc2c1NCCC1CSCCN21. The lowest BCUT2D eigenvalue weighted by Crippen LogP contribution is -2.42. The average Bonchev–Trinajstić information content (AvgIpc) is 2.50. The second kappa shape index (κ2) is 4.17. The number of hydrogen-bond donors (Lipinski definition) is 1. The largest absolute Gasteiger partial charge is 0.381 e. The summed E-state index contributed by atoms with van der Waals surface area (Å²) < 4.78 is 13.7. The molecule has 2 aliphatic rings. The highest BCUT2D eigenvalue weighted by atomic mass is 32.2. The van der Waals surface area contributed by atoms with Gasteiger partial charge in [0.25, 0.3) is 0 Å². The summed E-state index contributed by atoms with van der Waals surface area (Å²) in [5.74, 6) is 2.18. The molecule has 0 spiro atoms. The van der Waals surface area contributed by atoms with Crippen LogP contribution in [0, 0.1) is 5.82 Å². The van der Waals surface area contributed by atoms with Gasteiger partial charge in [0.05, 0.1) is 11.4 Å². The Hall–Kier alpha value is -0.900. The first-order valence-electron chi connectivity index (χ1n) is 5.73. The number of nitrogens with one attached hydrogen (secondary N) is 1. The fourth-order valence-corrected chi connectivity index (χ4v) is 3.61. The maximum atomic E-state index is 13.7. The number of benzene rings is 1. The number of halogens is 1. The highest BCUT2D eigenvalue weighted by Gasteiger charge is 2.27. The quantitative estimate of drug-likeness (QED) is 0.748. The van der Waals surface area contributed by atoms with Gasteiger partial charge in [-0.3, -0.25) is 0 Å². The van der Waals surface area contributed by atoms with Crippen LogP contribution in [0.2, 0.25) is 0 Å². The number of nitrogens with zero attached hydrogens (tertiary/aromatic N) is 1. The summed E-state index contributed by atoms with van der Waals surface area (Å²) in [7, 11) is 0. The van der Waals surface area contributed by atoms with Crippen molar-refractivity contribution in [1.29, 1.82) is 0 Å². The van der Waals surface area contributed by atoms with E-state index in [1.54, 1.807) is 6.07 Å². The van der Waals surface area contributed by atoms with E-state index in [1.165, 1.54) is 6.07 Å². The van der Waals surface area contributed by atoms with E-state index in [0.717, 1.165) is 36.7 Å². The molecule has 1 atom stereocenters.